The fraction of sp³-hybridized carbons (Fsp3) is 1.00. The van der Waals surface area contributed by atoms with Crippen LogP contribution in [0.1, 0.15) is 46.0 Å². The Labute approximate surface area is 81.5 Å². The molecule has 0 unspecified atom stereocenters. The van der Waals surface area contributed by atoms with Crippen molar-refractivity contribution in [2.45, 2.75) is 63.6 Å². The smallest absolute Gasteiger partial charge is 0.0252 e. The van der Waals surface area contributed by atoms with E-state index in [-0.39, 0.29) is 0 Å². The van der Waals surface area contributed by atoms with Gasteiger partial charge in [0.2, 0.25) is 0 Å². The van der Waals surface area contributed by atoms with Crippen molar-refractivity contribution in [3.63, 3.8) is 0 Å². The molecule has 2 N–H and O–H groups in total. The lowest BCUT2D eigenvalue weighted by molar-refractivity contribution is 0.200. The van der Waals surface area contributed by atoms with Gasteiger partial charge in [-0.05, 0) is 26.7 Å². The van der Waals surface area contributed by atoms with Crippen molar-refractivity contribution in [3.05, 3.63) is 0 Å². The van der Waals surface area contributed by atoms with Gasteiger partial charge in [-0.2, -0.15) is 0 Å². The van der Waals surface area contributed by atoms with E-state index in [1.54, 1.807) is 0 Å². The molecule has 0 amide bonds. The van der Waals surface area contributed by atoms with E-state index in [9.17, 15) is 0 Å². The van der Waals surface area contributed by atoms with E-state index in [0.717, 1.165) is 18.6 Å². The molecule has 76 valence electrons. The van der Waals surface area contributed by atoms with Gasteiger partial charge in [-0.3, -0.25) is 0 Å². The molecular formula is C11H22N2. The Morgan fingerprint density at radius 3 is 2.46 bits per heavy atom. The number of piperazine rings is 1. The highest BCUT2D eigenvalue weighted by atomic mass is 15.1. The molecule has 2 fully saturated rings. The molecule has 1 aliphatic heterocycles. The van der Waals surface area contributed by atoms with Crippen molar-refractivity contribution >= 4 is 0 Å². The molecule has 2 heteroatoms. The highest BCUT2D eigenvalue weighted by Crippen LogP contribution is 2.23. The lowest BCUT2D eigenvalue weighted by Gasteiger charge is -2.42. The minimum absolute atomic E-state index is 0.297. The summed E-state index contributed by atoms with van der Waals surface area (Å²) < 4.78 is 0. The van der Waals surface area contributed by atoms with E-state index in [1.165, 1.54) is 32.1 Å². The summed E-state index contributed by atoms with van der Waals surface area (Å²) in [5.74, 6) is 0. The summed E-state index contributed by atoms with van der Waals surface area (Å²) in [5, 5.41) is 7.46. The average Bonchev–Trinajstić information content (AvgIpc) is 2.27. The molecule has 13 heavy (non-hydrogen) atoms. The van der Waals surface area contributed by atoms with E-state index < -0.39 is 0 Å². The summed E-state index contributed by atoms with van der Waals surface area (Å²) in [6.07, 6.45) is 6.98. The van der Waals surface area contributed by atoms with Crippen molar-refractivity contribution in [2.24, 2.45) is 0 Å². The Morgan fingerprint density at radius 1 is 1.00 bits per heavy atom. The molecule has 0 bridgehead atoms. The fourth-order valence-corrected chi connectivity index (χ4v) is 2.66. The molecule has 1 heterocycles. The van der Waals surface area contributed by atoms with Gasteiger partial charge in [-0.25, -0.2) is 0 Å². The van der Waals surface area contributed by atoms with Crippen LogP contribution in [-0.2, 0) is 0 Å². The highest BCUT2D eigenvalue weighted by molar-refractivity contribution is 4.97. The van der Waals surface area contributed by atoms with Crippen molar-refractivity contribution in [3.8, 4) is 0 Å². The molecular weight excluding hydrogens is 160 g/mol. The first-order valence-corrected chi connectivity index (χ1v) is 5.68. The van der Waals surface area contributed by atoms with Crippen LogP contribution in [0.4, 0.5) is 0 Å². The molecule has 0 aromatic rings. The molecule has 1 saturated carbocycles. The number of hydrogen-bond acceptors (Lipinski definition) is 2. The maximum absolute atomic E-state index is 3.77. The van der Waals surface area contributed by atoms with Crippen LogP contribution in [0.25, 0.3) is 0 Å². The Balaban J connectivity index is 2.00. The van der Waals surface area contributed by atoms with Crippen LogP contribution >= 0.6 is 0 Å². The molecule has 0 aromatic heterocycles. The van der Waals surface area contributed by atoms with Crippen LogP contribution in [0.15, 0.2) is 0 Å². The van der Waals surface area contributed by atoms with Crippen molar-refractivity contribution in [1.82, 2.24) is 10.6 Å². The van der Waals surface area contributed by atoms with Crippen LogP contribution in [0.2, 0.25) is 0 Å². The Kier molecular flexibility index (Phi) is 2.61. The standard InChI is InChI=1S/C11H22N2/c1-11(2)8-12-9-6-4-3-5-7-10(9)13-11/h9-10,12-13H,3-8H2,1-2H3/t9-,10+/m1/s1. The van der Waals surface area contributed by atoms with Crippen LogP contribution in [0, 0.1) is 0 Å². The summed E-state index contributed by atoms with van der Waals surface area (Å²) in [7, 11) is 0. The molecule has 1 aliphatic carbocycles. The van der Waals surface area contributed by atoms with Gasteiger partial charge in [0.15, 0.2) is 0 Å². The van der Waals surface area contributed by atoms with Gasteiger partial charge in [-0.1, -0.05) is 19.3 Å². The van der Waals surface area contributed by atoms with Crippen LogP contribution in [0.5, 0.6) is 0 Å². The summed E-state index contributed by atoms with van der Waals surface area (Å²) in [6, 6.07) is 1.47. The first-order chi connectivity index (χ1) is 6.17. The van der Waals surface area contributed by atoms with Gasteiger partial charge in [-0.15, -0.1) is 0 Å². The Bertz CT molecular complexity index is 177. The zero-order chi connectivity index (χ0) is 9.31. The maximum atomic E-state index is 3.77. The van der Waals surface area contributed by atoms with E-state index in [4.69, 9.17) is 0 Å². The Morgan fingerprint density at radius 2 is 1.69 bits per heavy atom. The monoisotopic (exact) mass is 182 g/mol. The second kappa shape index (κ2) is 3.58. The summed E-state index contributed by atoms with van der Waals surface area (Å²) >= 11 is 0. The van der Waals surface area contributed by atoms with Gasteiger partial charge < -0.3 is 10.6 Å². The van der Waals surface area contributed by atoms with Crippen LogP contribution < -0.4 is 10.6 Å². The highest BCUT2D eigenvalue weighted by Gasteiger charge is 2.33. The predicted octanol–water partition coefficient (Wildman–Crippen LogP) is 1.66. The van der Waals surface area contributed by atoms with Gasteiger partial charge in [0, 0.05) is 24.2 Å². The third-order valence-corrected chi connectivity index (χ3v) is 3.40. The fourth-order valence-electron chi connectivity index (χ4n) is 2.66. The zero-order valence-corrected chi connectivity index (χ0v) is 8.90. The summed E-state index contributed by atoms with van der Waals surface area (Å²) in [5.41, 5.74) is 0.297. The number of nitrogens with one attached hydrogen (secondary N) is 2. The summed E-state index contributed by atoms with van der Waals surface area (Å²) in [6.45, 7) is 5.70. The third kappa shape index (κ3) is 2.23. The zero-order valence-electron chi connectivity index (χ0n) is 8.90. The van der Waals surface area contributed by atoms with E-state index >= 15 is 0 Å². The predicted molar refractivity (Wildman–Crippen MR) is 55.9 cm³/mol. The molecule has 2 rings (SSSR count). The van der Waals surface area contributed by atoms with Gasteiger partial charge in [0.1, 0.15) is 0 Å². The maximum Gasteiger partial charge on any atom is 0.0252 e. The minimum Gasteiger partial charge on any atom is -0.311 e. The molecule has 0 radical (unpaired) electrons. The molecule has 2 aliphatic rings. The third-order valence-electron chi connectivity index (χ3n) is 3.40. The molecule has 2 nitrogen and oxygen atoms in total. The largest absolute Gasteiger partial charge is 0.311 e. The minimum atomic E-state index is 0.297. The molecule has 0 spiro atoms. The average molecular weight is 182 g/mol. The first kappa shape index (κ1) is 9.47. The second-order valence-corrected chi connectivity index (χ2v) is 5.26. The number of fused-ring (bicyclic) bond motifs is 1. The quantitative estimate of drug-likeness (QED) is 0.595. The van der Waals surface area contributed by atoms with E-state index in [1.807, 2.05) is 0 Å². The van der Waals surface area contributed by atoms with Crippen LogP contribution in [-0.4, -0.2) is 24.2 Å². The lowest BCUT2D eigenvalue weighted by atomic mass is 9.92. The van der Waals surface area contributed by atoms with Crippen molar-refractivity contribution in [1.29, 1.82) is 0 Å². The van der Waals surface area contributed by atoms with Crippen LogP contribution in [0.3, 0.4) is 0 Å². The Hall–Kier alpha value is -0.0800. The number of hydrogen-bond donors (Lipinski definition) is 2. The molecule has 2 atom stereocenters. The first-order valence-electron chi connectivity index (χ1n) is 5.68. The molecule has 1 saturated heterocycles. The molecule has 0 aromatic carbocycles. The van der Waals surface area contributed by atoms with Gasteiger partial charge >= 0.3 is 0 Å². The van der Waals surface area contributed by atoms with Gasteiger partial charge in [0.05, 0.1) is 0 Å². The normalized spacial score (nSPS) is 39.2. The SMILES string of the molecule is CC1(C)CN[C@@H]2CCCCC[C@@H]2N1. The number of rotatable bonds is 0. The lowest BCUT2D eigenvalue weighted by Crippen LogP contribution is -2.65. The van der Waals surface area contributed by atoms with Crippen molar-refractivity contribution < 1.29 is 0 Å². The van der Waals surface area contributed by atoms with Gasteiger partial charge in [0.25, 0.3) is 0 Å². The van der Waals surface area contributed by atoms with E-state index in [2.05, 4.69) is 24.5 Å². The second-order valence-electron chi connectivity index (χ2n) is 5.26. The summed E-state index contributed by atoms with van der Waals surface area (Å²) in [4.78, 5) is 0. The topological polar surface area (TPSA) is 24.1 Å². The van der Waals surface area contributed by atoms with Crippen molar-refractivity contribution in [2.75, 3.05) is 6.54 Å². The van der Waals surface area contributed by atoms with E-state index in [0.29, 0.717) is 5.54 Å².